The molecule has 2 aliphatic rings. The minimum absolute atomic E-state index is 0. The topological polar surface area (TPSA) is 61.9 Å². The molecule has 0 atom stereocenters. The zero-order valence-corrected chi connectivity index (χ0v) is 18.8. The van der Waals surface area contributed by atoms with Gasteiger partial charge in [0.05, 0.1) is 23.4 Å². The van der Waals surface area contributed by atoms with Crippen LogP contribution >= 0.6 is 24.0 Å². The summed E-state index contributed by atoms with van der Waals surface area (Å²) in [5.41, 5.74) is 3.47. The summed E-state index contributed by atoms with van der Waals surface area (Å²) < 4.78 is 33.8. The third kappa shape index (κ3) is 4.01. The average molecular weight is 458 g/mol. The maximum Gasteiger partial charge on any atom is 0.264 e. The Hall–Kier alpha value is -1.67. The summed E-state index contributed by atoms with van der Waals surface area (Å²) in [6.45, 7) is 5.69. The highest BCUT2D eigenvalue weighted by molar-refractivity contribution is 7.92. The molecule has 2 aromatic rings. The number of nitrogens with zero attached hydrogens (tertiary/aromatic N) is 2. The Bertz CT molecular complexity index is 1010. The molecule has 0 unspecified atom stereocenters. The highest BCUT2D eigenvalue weighted by atomic mass is 35.5. The fourth-order valence-electron chi connectivity index (χ4n) is 3.87. The van der Waals surface area contributed by atoms with Crippen LogP contribution in [0, 0.1) is 6.92 Å². The molecule has 0 bridgehead atoms. The van der Waals surface area contributed by atoms with Gasteiger partial charge in [0, 0.05) is 37.7 Å². The Morgan fingerprint density at radius 2 is 1.79 bits per heavy atom. The number of methoxy groups -OCH3 is 1. The number of nitrogens with one attached hydrogen (secondary N) is 1. The van der Waals surface area contributed by atoms with E-state index in [-0.39, 0.29) is 17.3 Å². The monoisotopic (exact) mass is 457 g/mol. The van der Waals surface area contributed by atoms with E-state index in [1.165, 1.54) is 4.31 Å². The van der Waals surface area contributed by atoms with E-state index in [1.54, 1.807) is 31.4 Å². The number of fused-ring (bicyclic) bond motifs is 1. The van der Waals surface area contributed by atoms with Crippen LogP contribution in [0.5, 0.6) is 5.75 Å². The molecule has 2 aromatic carbocycles. The second-order valence-electron chi connectivity index (χ2n) is 7.13. The Labute approximate surface area is 183 Å². The molecule has 1 N–H and O–H groups in total. The third-order valence-electron chi connectivity index (χ3n) is 5.41. The van der Waals surface area contributed by atoms with Gasteiger partial charge in [-0.3, -0.25) is 4.31 Å². The molecule has 4 rings (SSSR count). The molecular formula is C20H25Cl2N3O3S. The van der Waals surface area contributed by atoms with Gasteiger partial charge >= 0.3 is 0 Å². The van der Waals surface area contributed by atoms with Crippen molar-refractivity contribution in [1.82, 2.24) is 5.32 Å². The summed E-state index contributed by atoms with van der Waals surface area (Å²) in [5, 5.41) is 3.89. The van der Waals surface area contributed by atoms with Crippen molar-refractivity contribution in [3.63, 3.8) is 0 Å². The number of ether oxygens (including phenoxy) is 1. The van der Waals surface area contributed by atoms with Crippen LogP contribution in [0.4, 0.5) is 11.4 Å². The standard InChI is InChI=1S/C20H24ClN3O3S.ClH/c1-14-11-15-5-8-24(18(15)13-17(14)21)28(25,26)16-3-4-20(27-2)19(12-16)23-9-6-22-7-10-23;/h3-4,11-13,22H,5-10H2,1-2H3;1H. The lowest BCUT2D eigenvalue weighted by Gasteiger charge is -2.31. The largest absolute Gasteiger partial charge is 0.495 e. The average Bonchev–Trinajstić information content (AvgIpc) is 3.11. The molecule has 0 radical (unpaired) electrons. The molecule has 0 saturated carbocycles. The Morgan fingerprint density at radius 3 is 2.48 bits per heavy atom. The summed E-state index contributed by atoms with van der Waals surface area (Å²) in [7, 11) is -2.08. The van der Waals surface area contributed by atoms with Gasteiger partial charge < -0.3 is 15.0 Å². The smallest absolute Gasteiger partial charge is 0.264 e. The summed E-state index contributed by atoms with van der Waals surface area (Å²) in [5.74, 6) is 0.682. The number of anilines is 2. The van der Waals surface area contributed by atoms with Gasteiger partial charge in [0.1, 0.15) is 5.75 Å². The third-order valence-corrected chi connectivity index (χ3v) is 7.63. The maximum atomic E-state index is 13.4. The van der Waals surface area contributed by atoms with Crippen LogP contribution in [0.2, 0.25) is 5.02 Å². The molecule has 29 heavy (non-hydrogen) atoms. The first-order valence-corrected chi connectivity index (χ1v) is 11.2. The van der Waals surface area contributed by atoms with Crippen LogP contribution < -0.4 is 19.3 Å². The van der Waals surface area contributed by atoms with Crippen molar-refractivity contribution in [2.24, 2.45) is 0 Å². The first-order valence-electron chi connectivity index (χ1n) is 9.37. The molecule has 0 amide bonds. The fraction of sp³-hybridized carbons (Fsp3) is 0.400. The maximum absolute atomic E-state index is 13.4. The van der Waals surface area contributed by atoms with Crippen LogP contribution in [0.15, 0.2) is 35.2 Å². The van der Waals surface area contributed by atoms with Crippen molar-refractivity contribution >= 4 is 45.4 Å². The molecule has 2 aliphatic heterocycles. The van der Waals surface area contributed by atoms with Gasteiger partial charge in [0.15, 0.2) is 0 Å². The molecule has 6 nitrogen and oxygen atoms in total. The molecule has 2 heterocycles. The first kappa shape index (κ1) is 22.0. The van der Waals surface area contributed by atoms with Crippen LogP contribution in [0.1, 0.15) is 11.1 Å². The Morgan fingerprint density at radius 1 is 1.07 bits per heavy atom. The van der Waals surface area contributed by atoms with Gasteiger partial charge in [-0.1, -0.05) is 17.7 Å². The second kappa shape index (κ2) is 8.60. The fourth-order valence-corrected chi connectivity index (χ4v) is 5.54. The van der Waals surface area contributed by atoms with E-state index in [2.05, 4.69) is 10.2 Å². The number of hydrogen-bond acceptors (Lipinski definition) is 5. The summed E-state index contributed by atoms with van der Waals surface area (Å²) >= 11 is 6.27. The van der Waals surface area contributed by atoms with E-state index in [0.29, 0.717) is 29.4 Å². The number of sulfonamides is 1. The van der Waals surface area contributed by atoms with E-state index < -0.39 is 10.0 Å². The van der Waals surface area contributed by atoms with E-state index >= 15 is 0 Å². The predicted octanol–water partition coefficient (Wildman–Crippen LogP) is 3.24. The van der Waals surface area contributed by atoms with E-state index in [9.17, 15) is 8.42 Å². The SMILES string of the molecule is COc1ccc(S(=O)(=O)N2CCc3cc(C)c(Cl)cc32)cc1N1CCNCC1.Cl. The number of piperazine rings is 1. The predicted molar refractivity (Wildman–Crippen MR) is 120 cm³/mol. The molecule has 0 aliphatic carbocycles. The molecule has 9 heteroatoms. The van der Waals surface area contributed by atoms with Gasteiger partial charge in [0.25, 0.3) is 10.0 Å². The lowest BCUT2D eigenvalue weighted by atomic mass is 10.1. The Kier molecular flexibility index (Phi) is 6.53. The number of halogens is 2. The molecule has 0 aromatic heterocycles. The van der Waals surface area contributed by atoms with Crippen LogP contribution in [0.25, 0.3) is 0 Å². The van der Waals surface area contributed by atoms with Crippen LogP contribution in [-0.2, 0) is 16.4 Å². The van der Waals surface area contributed by atoms with E-state index in [4.69, 9.17) is 16.3 Å². The molecule has 1 saturated heterocycles. The summed E-state index contributed by atoms with van der Waals surface area (Å²) in [6, 6.07) is 8.83. The van der Waals surface area contributed by atoms with Gasteiger partial charge in [0.2, 0.25) is 0 Å². The molecule has 158 valence electrons. The lowest BCUT2D eigenvalue weighted by Crippen LogP contribution is -2.43. The van der Waals surface area contributed by atoms with Crippen molar-refractivity contribution in [3.8, 4) is 5.75 Å². The lowest BCUT2D eigenvalue weighted by molar-refractivity contribution is 0.412. The molecule has 0 spiro atoms. The molecular weight excluding hydrogens is 433 g/mol. The van der Waals surface area contributed by atoms with Gasteiger partial charge in [-0.15, -0.1) is 12.4 Å². The quantitative estimate of drug-likeness (QED) is 0.763. The number of rotatable bonds is 4. The van der Waals surface area contributed by atoms with Gasteiger partial charge in [-0.25, -0.2) is 8.42 Å². The van der Waals surface area contributed by atoms with Gasteiger partial charge in [-0.05, 0) is 48.7 Å². The van der Waals surface area contributed by atoms with Crippen molar-refractivity contribution < 1.29 is 13.2 Å². The van der Waals surface area contributed by atoms with Crippen LogP contribution in [0.3, 0.4) is 0 Å². The number of benzene rings is 2. The Balaban J connectivity index is 0.00000240. The van der Waals surface area contributed by atoms with Crippen molar-refractivity contribution in [2.75, 3.05) is 49.0 Å². The highest BCUT2D eigenvalue weighted by Crippen LogP contribution is 2.38. The van der Waals surface area contributed by atoms with Crippen molar-refractivity contribution in [2.45, 2.75) is 18.2 Å². The minimum Gasteiger partial charge on any atom is -0.495 e. The van der Waals surface area contributed by atoms with Crippen LogP contribution in [-0.4, -0.2) is 48.3 Å². The second-order valence-corrected chi connectivity index (χ2v) is 9.40. The zero-order valence-electron chi connectivity index (χ0n) is 16.4. The van der Waals surface area contributed by atoms with E-state index in [0.717, 1.165) is 43.0 Å². The van der Waals surface area contributed by atoms with Gasteiger partial charge in [-0.2, -0.15) is 0 Å². The summed E-state index contributed by atoms with van der Waals surface area (Å²) in [6.07, 6.45) is 0.688. The van der Waals surface area contributed by atoms with Crippen molar-refractivity contribution in [1.29, 1.82) is 0 Å². The minimum atomic E-state index is -3.69. The van der Waals surface area contributed by atoms with Crippen molar-refractivity contribution in [3.05, 3.63) is 46.5 Å². The van der Waals surface area contributed by atoms with E-state index in [1.807, 2.05) is 13.0 Å². The zero-order chi connectivity index (χ0) is 19.9. The number of aryl methyl sites for hydroxylation is 1. The molecule has 1 fully saturated rings. The summed E-state index contributed by atoms with van der Waals surface area (Å²) in [4.78, 5) is 2.43. The normalized spacial score (nSPS) is 16.4. The number of hydrogen-bond donors (Lipinski definition) is 1. The highest BCUT2D eigenvalue weighted by Gasteiger charge is 2.32. The first-order chi connectivity index (χ1) is 13.4.